The predicted octanol–water partition coefficient (Wildman–Crippen LogP) is 4.43. The fourth-order valence-electron chi connectivity index (χ4n) is 5.38. The molecule has 0 amide bonds. The number of hydrogen-bond donors (Lipinski definition) is 0. The van der Waals surface area contributed by atoms with Gasteiger partial charge in [-0.25, -0.2) is 0 Å². The number of para-hydroxylation sites is 1. The third-order valence-electron chi connectivity index (χ3n) is 7.35. The minimum Gasteiger partial charge on any atom is -0.454 e. The molecule has 2 aliphatic heterocycles. The van der Waals surface area contributed by atoms with Crippen molar-refractivity contribution in [3.63, 3.8) is 0 Å². The van der Waals surface area contributed by atoms with E-state index >= 15 is 0 Å². The third-order valence-corrected chi connectivity index (χ3v) is 7.35. The van der Waals surface area contributed by atoms with Crippen LogP contribution in [-0.2, 0) is 0 Å². The summed E-state index contributed by atoms with van der Waals surface area (Å²) >= 11 is 0. The van der Waals surface area contributed by atoms with E-state index in [-0.39, 0.29) is 12.8 Å². The summed E-state index contributed by atoms with van der Waals surface area (Å²) < 4.78 is 13.2. The summed E-state index contributed by atoms with van der Waals surface area (Å²) in [7, 11) is 0. The second kappa shape index (κ2) is 10.8. The van der Waals surface area contributed by atoms with Gasteiger partial charge in [0.05, 0.1) is 11.7 Å². The Bertz CT molecular complexity index is 1410. The summed E-state index contributed by atoms with van der Waals surface area (Å²) in [4.78, 5) is 4.96. The Labute approximate surface area is 223 Å². The molecule has 3 aromatic carbocycles. The van der Waals surface area contributed by atoms with E-state index in [0.717, 1.165) is 72.4 Å². The van der Waals surface area contributed by atoms with E-state index in [1.54, 1.807) is 0 Å². The number of benzene rings is 3. The summed E-state index contributed by atoms with van der Waals surface area (Å²) in [6.45, 7) is 9.11. The van der Waals surface area contributed by atoms with Crippen molar-refractivity contribution in [2.75, 3.05) is 39.5 Å². The maximum Gasteiger partial charge on any atom is 0.231 e. The monoisotopic (exact) mass is 508 g/mol. The fourth-order valence-corrected chi connectivity index (χ4v) is 5.38. The Kier molecular flexibility index (Phi) is 6.90. The third kappa shape index (κ3) is 4.92. The molecule has 0 radical (unpaired) electrons. The number of tetrazole rings is 1. The molecule has 4 aromatic rings. The molecule has 38 heavy (non-hydrogen) atoms. The first-order valence-electron chi connectivity index (χ1n) is 13.1. The van der Waals surface area contributed by atoms with Crippen molar-refractivity contribution < 1.29 is 9.47 Å². The van der Waals surface area contributed by atoms with Crippen molar-refractivity contribution in [3.8, 4) is 17.2 Å². The molecule has 194 valence electrons. The topological polar surface area (TPSA) is 68.5 Å². The molecule has 0 unspecified atom stereocenters. The average Bonchev–Trinajstić information content (AvgIpc) is 3.60. The van der Waals surface area contributed by atoms with Gasteiger partial charge in [0.2, 0.25) is 6.79 Å². The van der Waals surface area contributed by atoms with Crippen LogP contribution in [0.1, 0.15) is 34.1 Å². The zero-order valence-corrected chi connectivity index (χ0v) is 21.8. The van der Waals surface area contributed by atoms with Crippen molar-refractivity contribution in [2.24, 2.45) is 0 Å². The van der Waals surface area contributed by atoms with E-state index in [4.69, 9.17) is 9.47 Å². The molecule has 0 aliphatic carbocycles. The lowest BCUT2D eigenvalue weighted by Gasteiger charge is -2.38. The number of hydrogen-bond acceptors (Lipinski definition) is 7. The quantitative estimate of drug-likeness (QED) is 0.366. The van der Waals surface area contributed by atoms with Crippen molar-refractivity contribution in [3.05, 3.63) is 101 Å². The Morgan fingerprint density at radius 1 is 0.868 bits per heavy atom. The summed E-state index contributed by atoms with van der Waals surface area (Å²) in [5.41, 5.74) is 5.63. The van der Waals surface area contributed by atoms with Gasteiger partial charge in [0.25, 0.3) is 0 Å². The zero-order valence-electron chi connectivity index (χ0n) is 21.8. The van der Waals surface area contributed by atoms with Crippen LogP contribution >= 0.6 is 0 Å². The minimum absolute atomic E-state index is 0.125. The van der Waals surface area contributed by atoms with Gasteiger partial charge in [-0.1, -0.05) is 66.7 Å². The molecule has 1 aromatic heterocycles. The lowest BCUT2D eigenvalue weighted by Crippen LogP contribution is -2.48. The molecule has 8 nitrogen and oxygen atoms in total. The average molecular weight is 509 g/mol. The minimum atomic E-state index is -0.125. The number of rotatable bonds is 7. The van der Waals surface area contributed by atoms with Crippen molar-refractivity contribution >= 4 is 6.08 Å². The number of fused-ring (bicyclic) bond motifs is 1. The van der Waals surface area contributed by atoms with Gasteiger partial charge in [0.15, 0.2) is 17.3 Å². The van der Waals surface area contributed by atoms with Gasteiger partial charge in [-0.15, -0.1) is 5.10 Å². The molecule has 0 saturated carbocycles. The van der Waals surface area contributed by atoms with Gasteiger partial charge in [-0.3, -0.25) is 9.80 Å². The maximum atomic E-state index is 5.73. The van der Waals surface area contributed by atoms with Crippen LogP contribution < -0.4 is 9.47 Å². The fraction of sp³-hybridized carbons (Fsp3) is 0.300. The smallest absolute Gasteiger partial charge is 0.231 e. The summed E-state index contributed by atoms with van der Waals surface area (Å²) in [5, 5.41) is 13.2. The Morgan fingerprint density at radius 2 is 1.63 bits per heavy atom. The van der Waals surface area contributed by atoms with Crippen LogP contribution in [0.25, 0.3) is 11.8 Å². The molecule has 1 atom stereocenters. The van der Waals surface area contributed by atoms with Crippen LogP contribution in [0, 0.1) is 13.8 Å². The van der Waals surface area contributed by atoms with Gasteiger partial charge in [0, 0.05) is 32.7 Å². The first-order chi connectivity index (χ1) is 18.7. The molecule has 0 spiro atoms. The second-order valence-electron chi connectivity index (χ2n) is 9.85. The van der Waals surface area contributed by atoms with Gasteiger partial charge >= 0.3 is 0 Å². The molecule has 1 saturated heterocycles. The Hall–Kier alpha value is -4.01. The first-order valence-corrected chi connectivity index (χ1v) is 13.1. The van der Waals surface area contributed by atoms with Crippen LogP contribution in [0.4, 0.5) is 0 Å². The number of ether oxygens (including phenoxy) is 2. The molecule has 0 bridgehead atoms. The summed E-state index contributed by atoms with van der Waals surface area (Å²) in [6, 6.07) is 22.8. The highest BCUT2D eigenvalue weighted by Gasteiger charge is 2.32. The normalized spacial score (nSPS) is 16.8. The van der Waals surface area contributed by atoms with Crippen molar-refractivity contribution in [1.82, 2.24) is 30.0 Å². The van der Waals surface area contributed by atoms with E-state index in [1.807, 2.05) is 16.8 Å². The number of aromatic nitrogens is 4. The van der Waals surface area contributed by atoms with Crippen LogP contribution in [-0.4, -0.2) is 69.5 Å². The molecule has 2 aliphatic rings. The molecule has 3 heterocycles. The number of piperazine rings is 1. The highest BCUT2D eigenvalue weighted by atomic mass is 16.7. The van der Waals surface area contributed by atoms with E-state index in [9.17, 15) is 0 Å². The van der Waals surface area contributed by atoms with E-state index in [0.29, 0.717) is 0 Å². The van der Waals surface area contributed by atoms with E-state index < -0.39 is 0 Å². The van der Waals surface area contributed by atoms with Gasteiger partial charge in [-0.05, 0) is 58.7 Å². The first kappa shape index (κ1) is 24.3. The van der Waals surface area contributed by atoms with Crippen LogP contribution in [0.15, 0.2) is 72.8 Å². The van der Waals surface area contributed by atoms with Crippen LogP contribution in [0.3, 0.4) is 0 Å². The standard InChI is InChI=1S/C30H32N6O2/c1-22-8-6-9-23(2)28(22)36-30(31-32-33-36)29(25-13-14-26-27(20-25)38-21-37-26)35-18-16-34(17-19-35)15-7-12-24-10-4-3-5-11-24/h3-14,20,29H,15-19,21H2,1-2H3/b12-7+/t29-/m1/s1. The molecular weight excluding hydrogens is 476 g/mol. The van der Waals surface area contributed by atoms with Crippen molar-refractivity contribution in [2.45, 2.75) is 19.9 Å². The maximum absolute atomic E-state index is 5.73. The van der Waals surface area contributed by atoms with Gasteiger partial charge in [0.1, 0.15) is 0 Å². The molecule has 1 fully saturated rings. The number of nitrogens with zero attached hydrogens (tertiary/aromatic N) is 6. The van der Waals surface area contributed by atoms with E-state index in [2.05, 4.69) is 106 Å². The van der Waals surface area contributed by atoms with Crippen molar-refractivity contribution in [1.29, 1.82) is 0 Å². The summed E-state index contributed by atoms with van der Waals surface area (Å²) in [6.07, 6.45) is 4.45. The second-order valence-corrected chi connectivity index (χ2v) is 9.85. The molecule has 8 heteroatoms. The number of aryl methyl sites for hydroxylation is 2. The van der Waals surface area contributed by atoms with Crippen LogP contribution in [0.5, 0.6) is 11.5 Å². The molecule has 0 N–H and O–H groups in total. The SMILES string of the molecule is Cc1cccc(C)c1-n1nnnc1[C@@H](c1ccc2c(c1)OCO2)N1CCN(C/C=C/c2ccccc2)CC1. The highest BCUT2D eigenvalue weighted by molar-refractivity contribution is 5.50. The lowest BCUT2D eigenvalue weighted by atomic mass is 10.0. The predicted molar refractivity (Wildman–Crippen MR) is 147 cm³/mol. The van der Waals surface area contributed by atoms with Gasteiger partial charge < -0.3 is 9.47 Å². The largest absolute Gasteiger partial charge is 0.454 e. The Morgan fingerprint density at radius 3 is 2.42 bits per heavy atom. The molecule has 6 rings (SSSR count). The highest BCUT2D eigenvalue weighted by Crippen LogP contribution is 2.38. The lowest BCUT2D eigenvalue weighted by molar-refractivity contribution is 0.113. The summed E-state index contributed by atoms with van der Waals surface area (Å²) in [5.74, 6) is 2.35. The van der Waals surface area contributed by atoms with Gasteiger partial charge in [-0.2, -0.15) is 4.68 Å². The Balaban J connectivity index is 1.28. The zero-order chi connectivity index (χ0) is 25.9. The molecular formula is C30H32N6O2. The van der Waals surface area contributed by atoms with E-state index in [1.165, 1.54) is 5.56 Å². The van der Waals surface area contributed by atoms with Crippen LogP contribution in [0.2, 0.25) is 0 Å².